The molecule has 0 fully saturated rings. The lowest BCUT2D eigenvalue weighted by atomic mass is 10.1. The Kier molecular flexibility index (Phi) is 4.24. The van der Waals surface area contributed by atoms with Crippen LogP contribution in [-0.4, -0.2) is 30.2 Å². The van der Waals surface area contributed by atoms with Gasteiger partial charge in [-0.3, -0.25) is 0 Å². The third kappa shape index (κ3) is 4.76. The molecule has 0 bridgehead atoms. The number of amides is 1. The molecule has 3 heteroatoms. The second-order valence-electron chi connectivity index (χ2n) is 4.70. The monoisotopic (exact) mass is 187 g/mol. The molecule has 0 spiro atoms. The van der Waals surface area contributed by atoms with Gasteiger partial charge in [0.05, 0.1) is 6.61 Å². The summed E-state index contributed by atoms with van der Waals surface area (Å²) in [6.07, 6.45) is -0.249. The van der Waals surface area contributed by atoms with E-state index in [1.165, 1.54) is 0 Å². The van der Waals surface area contributed by atoms with Crippen molar-refractivity contribution in [2.75, 3.05) is 13.7 Å². The molecular formula is C10H21NO2. The van der Waals surface area contributed by atoms with Gasteiger partial charge in [-0.25, -0.2) is 4.79 Å². The Morgan fingerprint density at radius 1 is 1.38 bits per heavy atom. The summed E-state index contributed by atoms with van der Waals surface area (Å²) in [6.45, 7) is 10.4. The van der Waals surface area contributed by atoms with Crippen molar-refractivity contribution in [1.82, 2.24) is 4.90 Å². The van der Waals surface area contributed by atoms with E-state index in [2.05, 4.69) is 0 Å². The van der Waals surface area contributed by atoms with Crippen molar-refractivity contribution in [3.63, 3.8) is 0 Å². The SMILES string of the molecule is CC(C)COC(=O)N(C)C(C)(C)C. The van der Waals surface area contributed by atoms with Crippen molar-refractivity contribution in [3.8, 4) is 0 Å². The average molecular weight is 187 g/mol. The van der Waals surface area contributed by atoms with Gasteiger partial charge in [-0.05, 0) is 26.7 Å². The van der Waals surface area contributed by atoms with Gasteiger partial charge in [-0.1, -0.05) is 13.8 Å². The minimum absolute atomic E-state index is 0.173. The molecular weight excluding hydrogens is 166 g/mol. The molecule has 0 aromatic heterocycles. The zero-order valence-corrected chi connectivity index (χ0v) is 9.55. The van der Waals surface area contributed by atoms with Gasteiger partial charge in [-0.2, -0.15) is 0 Å². The molecule has 0 saturated carbocycles. The highest BCUT2D eigenvalue weighted by Gasteiger charge is 2.23. The summed E-state index contributed by atoms with van der Waals surface area (Å²) in [4.78, 5) is 13.0. The fourth-order valence-electron chi connectivity index (χ4n) is 0.609. The average Bonchev–Trinajstić information content (AvgIpc) is 1.96. The largest absolute Gasteiger partial charge is 0.449 e. The van der Waals surface area contributed by atoms with Crippen LogP contribution in [0.5, 0.6) is 0 Å². The summed E-state index contributed by atoms with van der Waals surface area (Å²) < 4.78 is 5.08. The molecule has 0 aliphatic rings. The van der Waals surface area contributed by atoms with Crippen LogP contribution >= 0.6 is 0 Å². The van der Waals surface area contributed by atoms with Crippen LogP contribution < -0.4 is 0 Å². The predicted molar refractivity (Wildman–Crippen MR) is 53.7 cm³/mol. The normalized spacial score (nSPS) is 11.6. The molecule has 0 unspecified atom stereocenters. The summed E-state index contributed by atoms with van der Waals surface area (Å²) >= 11 is 0. The number of rotatable bonds is 2. The van der Waals surface area contributed by atoms with E-state index in [9.17, 15) is 4.79 Å². The predicted octanol–water partition coefficient (Wildman–Crippen LogP) is 2.51. The van der Waals surface area contributed by atoms with Crippen molar-refractivity contribution in [1.29, 1.82) is 0 Å². The zero-order chi connectivity index (χ0) is 10.6. The van der Waals surface area contributed by atoms with Crippen LogP contribution in [0.2, 0.25) is 0 Å². The van der Waals surface area contributed by atoms with Crippen LogP contribution in [0.25, 0.3) is 0 Å². The highest BCUT2D eigenvalue weighted by Crippen LogP contribution is 2.11. The molecule has 0 atom stereocenters. The first kappa shape index (κ1) is 12.3. The fraction of sp³-hybridized carbons (Fsp3) is 0.900. The lowest BCUT2D eigenvalue weighted by molar-refractivity contribution is 0.0729. The van der Waals surface area contributed by atoms with E-state index in [0.29, 0.717) is 12.5 Å². The molecule has 0 radical (unpaired) electrons. The van der Waals surface area contributed by atoms with E-state index >= 15 is 0 Å². The first-order valence-electron chi connectivity index (χ1n) is 4.65. The van der Waals surface area contributed by atoms with Gasteiger partial charge in [0.1, 0.15) is 0 Å². The number of nitrogens with zero attached hydrogens (tertiary/aromatic N) is 1. The van der Waals surface area contributed by atoms with Crippen molar-refractivity contribution in [3.05, 3.63) is 0 Å². The molecule has 1 amide bonds. The van der Waals surface area contributed by atoms with Crippen LogP contribution in [-0.2, 0) is 4.74 Å². The summed E-state index contributed by atoms with van der Waals surface area (Å²) in [5.41, 5.74) is -0.173. The molecule has 0 aliphatic heterocycles. The first-order chi connectivity index (χ1) is 5.75. The lowest BCUT2D eigenvalue weighted by Crippen LogP contribution is -2.43. The molecule has 0 aliphatic carbocycles. The molecule has 13 heavy (non-hydrogen) atoms. The minimum atomic E-state index is -0.249. The smallest absolute Gasteiger partial charge is 0.409 e. The van der Waals surface area contributed by atoms with Crippen molar-refractivity contribution < 1.29 is 9.53 Å². The summed E-state index contributed by atoms with van der Waals surface area (Å²) in [5, 5.41) is 0. The maximum absolute atomic E-state index is 11.4. The molecule has 0 aromatic carbocycles. The first-order valence-corrected chi connectivity index (χ1v) is 4.65. The summed E-state index contributed by atoms with van der Waals surface area (Å²) in [7, 11) is 1.75. The third-order valence-electron chi connectivity index (χ3n) is 1.82. The molecule has 78 valence electrons. The summed E-state index contributed by atoms with van der Waals surface area (Å²) in [5.74, 6) is 0.386. The molecule has 0 aromatic rings. The molecule has 0 saturated heterocycles. The Morgan fingerprint density at radius 3 is 2.15 bits per heavy atom. The Labute approximate surface area is 81.1 Å². The fourth-order valence-corrected chi connectivity index (χ4v) is 0.609. The molecule has 0 rings (SSSR count). The van der Waals surface area contributed by atoms with Crippen molar-refractivity contribution in [2.24, 2.45) is 5.92 Å². The third-order valence-corrected chi connectivity index (χ3v) is 1.82. The molecule has 0 N–H and O–H groups in total. The molecule has 3 nitrogen and oxygen atoms in total. The zero-order valence-electron chi connectivity index (χ0n) is 9.55. The summed E-state index contributed by atoms with van der Waals surface area (Å²) in [6, 6.07) is 0. The van der Waals surface area contributed by atoms with Gasteiger partial charge < -0.3 is 9.64 Å². The lowest BCUT2D eigenvalue weighted by Gasteiger charge is -2.31. The van der Waals surface area contributed by atoms with Gasteiger partial charge in [0.25, 0.3) is 0 Å². The van der Waals surface area contributed by atoms with Crippen LogP contribution in [0.4, 0.5) is 4.79 Å². The van der Waals surface area contributed by atoms with Gasteiger partial charge in [0.2, 0.25) is 0 Å². The van der Waals surface area contributed by atoms with Gasteiger partial charge in [0.15, 0.2) is 0 Å². The van der Waals surface area contributed by atoms with Crippen molar-refractivity contribution >= 4 is 6.09 Å². The van der Waals surface area contributed by atoms with Gasteiger partial charge in [0, 0.05) is 12.6 Å². The van der Waals surface area contributed by atoms with E-state index in [4.69, 9.17) is 4.74 Å². The van der Waals surface area contributed by atoms with E-state index in [1.807, 2.05) is 34.6 Å². The van der Waals surface area contributed by atoms with E-state index in [0.717, 1.165) is 0 Å². The Hall–Kier alpha value is -0.730. The standard InChI is InChI=1S/C10H21NO2/c1-8(2)7-13-9(12)11(6)10(3,4)5/h8H,7H2,1-6H3. The quantitative estimate of drug-likeness (QED) is 0.664. The van der Waals surface area contributed by atoms with Crippen LogP contribution in [0.3, 0.4) is 0 Å². The number of ether oxygens (including phenoxy) is 1. The number of carbonyl (C=O) groups excluding carboxylic acids is 1. The number of hydrogen-bond acceptors (Lipinski definition) is 2. The van der Waals surface area contributed by atoms with Crippen LogP contribution in [0.1, 0.15) is 34.6 Å². The topological polar surface area (TPSA) is 29.5 Å². The van der Waals surface area contributed by atoms with Crippen LogP contribution in [0, 0.1) is 5.92 Å². The number of hydrogen-bond donors (Lipinski definition) is 0. The van der Waals surface area contributed by atoms with E-state index in [1.54, 1.807) is 11.9 Å². The van der Waals surface area contributed by atoms with Crippen LogP contribution in [0.15, 0.2) is 0 Å². The Morgan fingerprint density at radius 2 is 1.85 bits per heavy atom. The maximum atomic E-state index is 11.4. The van der Waals surface area contributed by atoms with Gasteiger partial charge in [-0.15, -0.1) is 0 Å². The van der Waals surface area contributed by atoms with Crippen molar-refractivity contribution in [2.45, 2.75) is 40.2 Å². The van der Waals surface area contributed by atoms with Gasteiger partial charge >= 0.3 is 6.09 Å². The minimum Gasteiger partial charge on any atom is -0.449 e. The highest BCUT2D eigenvalue weighted by atomic mass is 16.6. The maximum Gasteiger partial charge on any atom is 0.409 e. The Bertz CT molecular complexity index is 170. The molecule has 0 heterocycles. The van der Waals surface area contributed by atoms with E-state index in [-0.39, 0.29) is 11.6 Å². The second-order valence-corrected chi connectivity index (χ2v) is 4.70. The van der Waals surface area contributed by atoms with E-state index < -0.39 is 0 Å². The Balaban J connectivity index is 3.98. The highest BCUT2D eigenvalue weighted by molar-refractivity contribution is 5.68. The second kappa shape index (κ2) is 4.49. The number of carbonyl (C=O) groups is 1.